The van der Waals surface area contributed by atoms with Crippen molar-refractivity contribution in [3.8, 4) is 0 Å². The van der Waals surface area contributed by atoms with Gasteiger partial charge in [-0.1, -0.05) is 19.0 Å². The fraction of sp³-hybridized carbons (Fsp3) is 0.909. The van der Waals surface area contributed by atoms with Crippen molar-refractivity contribution in [3.63, 3.8) is 0 Å². The molecule has 0 aliphatic heterocycles. The quantitative estimate of drug-likeness (QED) is 0.183. The van der Waals surface area contributed by atoms with Crippen LogP contribution in [0.25, 0.3) is 0 Å². The molecule has 0 fully saturated rings. The van der Waals surface area contributed by atoms with Gasteiger partial charge in [-0.2, -0.15) is 0 Å². The van der Waals surface area contributed by atoms with Crippen LogP contribution in [-0.4, -0.2) is 37.8 Å². The van der Waals surface area contributed by atoms with E-state index in [1.54, 1.807) is 7.11 Å². The van der Waals surface area contributed by atoms with E-state index in [1.807, 2.05) is 0 Å². The number of oxime groups is 1. The fourth-order valence-electron chi connectivity index (χ4n) is 1.34. The van der Waals surface area contributed by atoms with Crippen molar-refractivity contribution in [2.24, 2.45) is 16.3 Å². The molecule has 0 radical (unpaired) electrons. The van der Waals surface area contributed by atoms with Crippen LogP contribution in [-0.2, 0) is 4.74 Å². The Bertz CT molecular complexity index is 205. The van der Waals surface area contributed by atoms with Crippen LogP contribution in [0.2, 0.25) is 0 Å². The summed E-state index contributed by atoms with van der Waals surface area (Å²) in [7, 11) is 1.72. The highest BCUT2D eigenvalue weighted by atomic mass is 16.5. The zero-order valence-electron chi connectivity index (χ0n) is 10.6. The SMILES string of the molecule is COCCC(C)(C)CNCCCC(N)=NO. The molecule has 4 N–H and O–H groups in total. The molecule has 0 rings (SSSR count). The second-order valence-electron chi connectivity index (χ2n) is 4.78. The van der Waals surface area contributed by atoms with Crippen LogP contribution in [0.1, 0.15) is 33.1 Å². The van der Waals surface area contributed by atoms with Crippen LogP contribution in [0.4, 0.5) is 0 Å². The fourth-order valence-corrected chi connectivity index (χ4v) is 1.34. The van der Waals surface area contributed by atoms with Crippen LogP contribution >= 0.6 is 0 Å². The average molecular weight is 231 g/mol. The largest absolute Gasteiger partial charge is 0.409 e. The van der Waals surface area contributed by atoms with Crippen molar-refractivity contribution in [1.82, 2.24) is 5.32 Å². The van der Waals surface area contributed by atoms with E-state index in [9.17, 15) is 0 Å². The van der Waals surface area contributed by atoms with E-state index in [-0.39, 0.29) is 5.41 Å². The molecule has 16 heavy (non-hydrogen) atoms. The van der Waals surface area contributed by atoms with Gasteiger partial charge in [0.05, 0.1) is 0 Å². The Hall–Kier alpha value is -0.810. The zero-order chi connectivity index (χ0) is 12.4. The first-order valence-electron chi connectivity index (χ1n) is 5.68. The van der Waals surface area contributed by atoms with Gasteiger partial charge >= 0.3 is 0 Å². The number of hydrogen-bond acceptors (Lipinski definition) is 4. The van der Waals surface area contributed by atoms with Gasteiger partial charge in [-0.3, -0.25) is 0 Å². The predicted molar refractivity (Wildman–Crippen MR) is 65.8 cm³/mol. The van der Waals surface area contributed by atoms with Gasteiger partial charge in [0, 0.05) is 26.7 Å². The molecule has 96 valence electrons. The summed E-state index contributed by atoms with van der Waals surface area (Å²) in [5.41, 5.74) is 5.61. The lowest BCUT2D eigenvalue weighted by molar-refractivity contribution is 0.151. The van der Waals surface area contributed by atoms with Crippen molar-refractivity contribution >= 4 is 5.84 Å². The molecule has 0 atom stereocenters. The van der Waals surface area contributed by atoms with Crippen molar-refractivity contribution in [2.75, 3.05) is 26.8 Å². The van der Waals surface area contributed by atoms with Crippen molar-refractivity contribution in [3.05, 3.63) is 0 Å². The van der Waals surface area contributed by atoms with Gasteiger partial charge < -0.3 is 21.0 Å². The number of nitrogens with one attached hydrogen (secondary N) is 1. The van der Waals surface area contributed by atoms with Crippen molar-refractivity contribution in [1.29, 1.82) is 0 Å². The lowest BCUT2D eigenvalue weighted by Crippen LogP contribution is -2.31. The molecule has 0 saturated heterocycles. The topological polar surface area (TPSA) is 79.9 Å². The van der Waals surface area contributed by atoms with Crippen molar-refractivity contribution in [2.45, 2.75) is 33.1 Å². The Morgan fingerprint density at radius 1 is 1.50 bits per heavy atom. The second kappa shape index (κ2) is 8.35. The predicted octanol–water partition coefficient (Wildman–Crippen LogP) is 1.17. The maximum atomic E-state index is 8.35. The zero-order valence-corrected chi connectivity index (χ0v) is 10.6. The Kier molecular flexibility index (Phi) is 7.93. The Morgan fingerprint density at radius 2 is 2.19 bits per heavy atom. The second-order valence-corrected chi connectivity index (χ2v) is 4.78. The first-order valence-corrected chi connectivity index (χ1v) is 5.68. The smallest absolute Gasteiger partial charge is 0.139 e. The number of nitrogens with two attached hydrogens (primary N) is 1. The highest BCUT2D eigenvalue weighted by Crippen LogP contribution is 2.18. The molecule has 0 bridgehead atoms. The molecule has 0 aromatic carbocycles. The van der Waals surface area contributed by atoms with Crippen molar-refractivity contribution < 1.29 is 9.94 Å². The summed E-state index contributed by atoms with van der Waals surface area (Å²) in [6, 6.07) is 0. The van der Waals surface area contributed by atoms with Crippen LogP contribution in [0.5, 0.6) is 0 Å². The molecule has 5 nitrogen and oxygen atoms in total. The van der Waals surface area contributed by atoms with E-state index in [0.29, 0.717) is 12.3 Å². The summed E-state index contributed by atoms with van der Waals surface area (Å²) in [6.45, 7) is 7.04. The molecule has 0 aliphatic carbocycles. The summed E-state index contributed by atoms with van der Waals surface area (Å²) >= 11 is 0. The van der Waals surface area contributed by atoms with E-state index in [1.165, 1.54) is 0 Å². The summed E-state index contributed by atoms with van der Waals surface area (Å²) < 4.78 is 5.06. The Morgan fingerprint density at radius 3 is 2.75 bits per heavy atom. The maximum Gasteiger partial charge on any atom is 0.139 e. The van der Waals surface area contributed by atoms with Gasteiger partial charge in [-0.15, -0.1) is 0 Å². The van der Waals surface area contributed by atoms with Gasteiger partial charge in [-0.25, -0.2) is 0 Å². The average Bonchev–Trinajstić information content (AvgIpc) is 2.25. The van der Waals surface area contributed by atoms with Gasteiger partial charge in [-0.05, 0) is 24.8 Å². The Balaban J connectivity index is 3.49. The molecule has 0 unspecified atom stereocenters. The molecular formula is C11H25N3O2. The molecule has 0 aliphatic rings. The van der Waals surface area contributed by atoms with Crippen LogP contribution < -0.4 is 11.1 Å². The molecule has 5 heteroatoms. The summed E-state index contributed by atoms with van der Waals surface area (Å²) in [6.07, 6.45) is 2.55. The van der Waals surface area contributed by atoms with Gasteiger partial charge in [0.15, 0.2) is 0 Å². The first-order chi connectivity index (χ1) is 7.52. The molecule has 0 aromatic heterocycles. The standard InChI is InChI=1S/C11H25N3O2/c1-11(2,6-8-16-3)9-13-7-4-5-10(12)14-15/h13,15H,4-9H2,1-3H3,(H2,12,14). The highest BCUT2D eigenvalue weighted by Gasteiger charge is 2.16. The highest BCUT2D eigenvalue weighted by molar-refractivity contribution is 5.79. The Labute approximate surface area is 98.0 Å². The van der Waals surface area contributed by atoms with E-state index < -0.39 is 0 Å². The third kappa shape index (κ3) is 8.49. The third-order valence-corrected chi connectivity index (χ3v) is 2.50. The molecule has 0 heterocycles. The third-order valence-electron chi connectivity index (χ3n) is 2.50. The van der Waals surface area contributed by atoms with E-state index in [0.717, 1.165) is 32.5 Å². The molecule has 0 amide bonds. The van der Waals surface area contributed by atoms with Gasteiger partial charge in [0.25, 0.3) is 0 Å². The van der Waals surface area contributed by atoms with Crippen LogP contribution in [0, 0.1) is 5.41 Å². The first kappa shape index (κ1) is 15.2. The molecule has 0 saturated carbocycles. The van der Waals surface area contributed by atoms with Crippen LogP contribution in [0.15, 0.2) is 5.16 Å². The minimum Gasteiger partial charge on any atom is -0.409 e. The minimum atomic E-state index is 0.243. The number of methoxy groups -OCH3 is 1. The number of amidine groups is 1. The van der Waals surface area contributed by atoms with E-state index in [2.05, 4.69) is 24.3 Å². The molecule has 0 aromatic rings. The molecule has 0 spiro atoms. The minimum absolute atomic E-state index is 0.243. The number of ether oxygens (including phenoxy) is 1. The lowest BCUT2D eigenvalue weighted by atomic mass is 9.90. The van der Waals surface area contributed by atoms with E-state index in [4.69, 9.17) is 15.7 Å². The summed E-state index contributed by atoms with van der Waals surface area (Å²) in [5, 5.41) is 14.6. The number of hydrogen-bond donors (Lipinski definition) is 3. The molecular weight excluding hydrogens is 206 g/mol. The normalized spacial score (nSPS) is 13.1. The summed E-state index contributed by atoms with van der Waals surface area (Å²) in [5.74, 6) is 0.292. The number of nitrogens with zero attached hydrogens (tertiary/aromatic N) is 1. The van der Waals surface area contributed by atoms with E-state index >= 15 is 0 Å². The monoisotopic (exact) mass is 231 g/mol. The summed E-state index contributed by atoms with van der Waals surface area (Å²) in [4.78, 5) is 0. The lowest BCUT2D eigenvalue weighted by Gasteiger charge is -2.24. The maximum absolute atomic E-state index is 8.35. The van der Waals surface area contributed by atoms with Crippen LogP contribution in [0.3, 0.4) is 0 Å². The number of rotatable bonds is 9. The van der Waals surface area contributed by atoms with Gasteiger partial charge in [0.1, 0.15) is 5.84 Å². The van der Waals surface area contributed by atoms with Gasteiger partial charge in [0.2, 0.25) is 0 Å².